The zero-order valence-corrected chi connectivity index (χ0v) is 17.6. The molecule has 0 fully saturated rings. The van der Waals surface area contributed by atoms with E-state index in [1.165, 1.54) is 16.8 Å². The molecule has 2 aromatic heterocycles. The highest BCUT2D eigenvalue weighted by Gasteiger charge is 2.16. The summed E-state index contributed by atoms with van der Waals surface area (Å²) in [5.74, 6) is -0.561. The Morgan fingerprint density at radius 3 is 2.45 bits per heavy atom. The second-order valence-electron chi connectivity index (χ2n) is 7.53. The van der Waals surface area contributed by atoms with Gasteiger partial charge >= 0.3 is 0 Å². The molecule has 0 unspecified atom stereocenters. The van der Waals surface area contributed by atoms with Crippen LogP contribution in [0.25, 0.3) is 17.1 Å². The van der Waals surface area contributed by atoms with Crippen LogP contribution in [0, 0.1) is 25.5 Å². The molecule has 0 aliphatic heterocycles. The number of hydrogen-bond donors (Lipinski definition) is 1. The van der Waals surface area contributed by atoms with Crippen LogP contribution in [0.3, 0.4) is 0 Å². The van der Waals surface area contributed by atoms with Gasteiger partial charge in [0, 0.05) is 53.4 Å². The predicted octanol–water partition coefficient (Wildman–Crippen LogP) is 5.08. The van der Waals surface area contributed by atoms with Crippen molar-refractivity contribution < 1.29 is 8.78 Å². The van der Waals surface area contributed by atoms with Crippen molar-refractivity contribution in [1.29, 1.82) is 0 Å². The molecule has 1 atom stereocenters. The average molecular weight is 419 g/mol. The summed E-state index contributed by atoms with van der Waals surface area (Å²) in [7, 11) is 0. The Labute approximate surface area is 179 Å². The van der Waals surface area contributed by atoms with E-state index in [1.807, 2.05) is 57.4 Å². The molecule has 0 saturated heterocycles. The van der Waals surface area contributed by atoms with Gasteiger partial charge in [0.2, 0.25) is 0 Å². The average Bonchev–Trinajstić information content (AvgIpc) is 3.14. The number of nitrogens with one attached hydrogen (secondary N) is 1. The summed E-state index contributed by atoms with van der Waals surface area (Å²) >= 11 is 0. The summed E-state index contributed by atoms with van der Waals surface area (Å²) in [6, 6.07) is 11.5. The number of aryl methyl sites for hydroxylation is 1. The maximum atomic E-state index is 14.1. The van der Waals surface area contributed by atoms with Crippen molar-refractivity contribution in [2.24, 2.45) is 0 Å². The number of halogens is 2. The van der Waals surface area contributed by atoms with E-state index in [0.29, 0.717) is 12.4 Å². The molecule has 5 nitrogen and oxygen atoms in total. The second kappa shape index (κ2) is 8.73. The molecule has 158 valence electrons. The maximum absolute atomic E-state index is 14.1. The van der Waals surface area contributed by atoms with Gasteiger partial charge in [-0.3, -0.25) is 0 Å². The quantitative estimate of drug-likeness (QED) is 0.474. The lowest BCUT2D eigenvalue weighted by Gasteiger charge is -2.14. The first kappa shape index (κ1) is 20.8. The van der Waals surface area contributed by atoms with Crippen molar-refractivity contribution in [3.8, 4) is 17.1 Å². The first-order valence-corrected chi connectivity index (χ1v) is 10.0. The molecule has 0 spiro atoms. The van der Waals surface area contributed by atoms with Crippen LogP contribution in [0.5, 0.6) is 0 Å². The van der Waals surface area contributed by atoms with Crippen LogP contribution in [0.4, 0.5) is 8.78 Å². The molecule has 4 aromatic rings. The zero-order chi connectivity index (χ0) is 22.0. The van der Waals surface area contributed by atoms with E-state index in [9.17, 15) is 8.78 Å². The molecule has 1 N–H and O–H groups in total. The largest absolute Gasteiger partial charge is 0.306 e. The summed E-state index contributed by atoms with van der Waals surface area (Å²) in [5.41, 5.74) is 5.05. The van der Waals surface area contributed by atoms with Crippen LogP contribution in [0.2, 0.25) is 0 Å². The van der Waals surface area contributed by atoms with Gasteiger partial charge in [-0.2, -0.15) is 5.10 Å². The van der Waals surface area contributed by atoms with Crippen LogP contribution < -0.4 is 5.32 Å². The molecule has 0 aliphatic carbocycles. The lowest BCUT2D eigenvalue weighted by Crippen LogP contribution is -2.19. The van der Waals surface area contributed by atoms with Crippen molar-refractivity contribution >= 4 is 0 Å². The number of rotatable bonds is 6. The third kappa shape index (κ3) is 4.36. The summed E-state index contributed by atoms with van der Waals surface area (Å²) in [4.78, 5) is 9.00. The molecular formula is C24H23F2N5. The summed E-state index contributed by atoms with van der Waals surface area (Å²) < 4.78 is 28.8. The van der Waals surface area contributed by atoms with Crippen LogP contribution in [-0.4, -0.2) is 19.7 Å². The number of benzene rings is 2. The normalized spacial score (nSPS) is 12.2. The Morgan fingerprint density at radius 1 is 1.00 bits per heavy atom. The number of hydrogen-bond acceptors (Lipinski definition) is 4. The van der Waals surface area contributed by atoms with Gasteiger partial charge in [-0.15, -0.1) is 0 Å². The van der Waals surface area contributed by atoms with Crippen LogP contribution in [-0.2, 0) is 6.54 Å². The van der Waals surface area contributed by atoms with Gasteiger partial charge < -0.3 is 5.32 Å². The molecule has 0 bridgehead atoms. The minimum atomic E-state index is -0.649. The van der Waals surface area contributed by atoms with Crippen molar-refractivity contribution in [1.82, 2.24) is 25.1 Å². The third-order valence-electron chi connectivity index (χ3n) is 5.36. The van der Waals surface area contributed by atoms with Crippen LogP contribution >= 0.6 is 0 Å². The molecule has 2 aromatic carbocycles. The first-order chi connectivity index (χ1) is 14.9. The highest BCUT2D eigenvalue weighted by molar-refractivity contribution is 5.59. The highest BCUT2D eigenvalue weighted by Crippen LogP contribution is 2.23. The monoisotopic (exact) mass is 419 g/mol. The van der Waals surface area contributed by atoms with E-state index in [1.54, 1.807) is 6.20 Å². The van der Waals surface area contributed by atoms with E-state index in [0.717, 1.165) is 34.0 Å². The summed E-state index contributed by atoms with van der Waals surface area (Å²) in [6.45, 7) is 6.49. The lowest BCUT2D eigenvalue weighted by atomic mass is 10.1. The summed E-state index contributed by atoms with van der Waals surface area (Å²) in [6.07, 6.45) is 5.34. The SMILES string of the molecule is Cc1ccccc1-c1ncc(CN[C@H](C)c2cnn(-c3ccc(F)cc3F)c2C)cn1. The van der Waals surface area contributed by atoms with Gasteiger partial charge in [-0.05, 0) is 38.5 Å². The predicted molar refractivity (Wildman–Crippen MR) is 116 cm³/mol. The highest BCUT2D eigenvalue weighted by atomic mass is 19.1. The molecule has 0 amide bonds. The van der Waals surface area contributed by atoms with Crippen molar-refractivity contribution in [3.05, 3.63) is 95.1 Å². The van der Waals surface area contributed by atoms with Crippen LogP contribution in [0.1, 0.15) is 35.3 Å². The smallest absolute Gasteiger partial charge is 0.159 e. The topological polar surface area (TPSA) is 55.6 Å². The zero-order valence-electron chi connectivity index (χ0n) is 17.6. The van der Waals surface area contributed by atoms with E-state index in [-0.39, 0.29) is 11.7 Å². The standard InChI is InChI=1S/C24H23F2N5/c1-15-6-4-5-7-20(15)24-28-12-18(13-29-24)11-27-16(2)21-14-30-31(17(21)3)23-9-8-19(25)10-22(23)26/h4-10,12-14,16,27H,11H2,1-3H3/t16-/m1/s1. The van der Waals surface area contributed by atoms with E-state index in [4.69, 9.17) is 0 Å². The molecular weight excluding hydrogens is 396 g/mol. The van der Waals surface area contributed by atoms with Gasteiger partial charge in [0.25, 0.3) is 0 Å². The second-order valence-corrected chi connectivity index (χ2v) is 7.53. The fraction of sp³-hybridized carbons (Fsp3) is 0.208. The van der Waals surface area contributed by atoms with E-state index < -0.39 is 11.6 Å². The van der Waals surface area contributed by atoms with Crippen LogP contribution in [0.15, 0.2) is 61.1 Å². The van der Waals surface area contributed by atoms with Gasteiger partial charge in [-0.1, -0.05) is 24.3 Å². The fourth-order valence-corrected chi connectivity index (χ4v) is 3.53. The molecule has 7 heteroatoms. The molecule has 0 aliphatic rings. The lowest BCUT2D eigenvalue weighted by molar-refractivity contribution is 0.565. The Balaban J connectivity index is 1.45. The third-order valence-corrected chi connectivity index (χ3v) is 5.36. The first-order valence-electron chi connectivity index (χ1n) is 10.0. The van der Waals surface area contributed by atoms with Gasteiger partial charge in [0.15, 0.2) is 11.6 Å². The van der Waals surface area contributed by atoms with E-state index in [2.05, 4.69) is 20.4 Å². The maximum Gasteiger partial charge on any atom is 0.159 e. The molecule has 4 rings (SSSR count). The molecule has 2 heterocycles. The van der Waals surface area contributed by atoms with E-state index >= 15 is 0 Å². The van der Waals surface area contributed by atoms with Crippen molar-refractivity contribution in [2.45, 2.75) is 33.4 Å². The number of aromatic nitrogens is 4. The Hall–Kier alpha value is -3.45. The minimum absolute atomic E-state index is 0.0340. The minimum Gasteiger partial charge on any atom is -0.306 e. The molecule has 0 radical (unpaired) electrons. The molecule has 0 saturated carbocycles. The van der Waals surface area contributed by atoms with Crippen molar-refractivity contribution in [2.75, 3.05) is 0 Å². The van der Waals surface area contributed by atoms with Gasteiger partial charge in [0.1, 0.15) is 11.5 Å². The summed E-state index contributed by atoms with van der Waals surface area (Å²) in [5, 5.41) is 7.72. The Bertz CT molecular complexity index is 1200. The van der Waals surface area contributed by atoms with Gasteiger partial charge in [0.05, 0.1) is 6.20 Å². The van der Waals surface area contributed by atoms with Gasteiger partial charge in [-0.25, -0.2) is 23.4 Å². The number of nitrogens with zero attached hydrogens (tertiary/aromatic N) is 4. The Kier molecular flexibility index (Phi) is 5.86. The van der Waals surface area contributed by atoms with Crippen molar-refractivity contribution in [3.63, 3.8) is 0 Å². The molecule has 31 heavy (non-hydrogen) atoms. The Morgan fingerprint density at radius 2 is 1.74 bits per heavy atom. The fourth-order valence-electron chi connectivity index (χ4n) is 3.53.